The van der Waals surface area contributed by atoms with Crippen LogP contribution >= 0.6 is 0 Å². The Hall–Kier alpha value is -1.91. The Morgan fingerprint density at radius 2 is 1.88 bits per heavy atom. The van der Waals surface area contributed by atoms with E-state index in [4.69, 9.17) is 5.73 Å². The molecule has 2 amide bonds. The third-order valence-corrected chi connectivity index (χ3v) is 3.32. The lowest BCUT2D eigenvalue weighted by Crippen LogP contribution is -2.30. The quantitative estimate of drug-likeness (QED) is 0.767. The van der Waals surface area contributed by atoms with Crippen molar-refractivity contribution in [2.75, 3.05) is 5.73 Å². The van der Waals surface area contributed by atoms with E-state index >= 15 is 0 Å². The molecule has 1 aromatic heterocycles. The highest BCUT2D eigenvalue weighted by Crippen LogP contribution is 2.27. The molecule has 90 valence electrons. The molecule has 5 heteroatoms. The monoisotopic (exact) mass is 233 g/mol. The second-order valence-electron chi connectivity index (χ2n) is 4.39. The molecular formula is C12H15N3O2. The van der Waals surface area contributed by atoms with Crippen LogP contribution in [0.15, 0.2) is 18.3 Å². The minimum absolute atomic E-state index is 0.134. The van der Waals surface area contributed by atoms with E-state index in [-0.39, 0.29) is 30.2 Å². The highest BCUT2D eigenvalue weighted by Gasteiger charge is 2.42. The average molecular weight is 233 g/mol. The van der Waals surface area contributed by atoms with Crippen LogP contribution in [0.4, 0.5) is 5.82 Å². The van der Waals surface area contributed by atoms with Crippen molar-refractivity contribution in [1.29, 1.82) is 0 Å². The van der Waals surface area contributed by atoms with Crippen LogP contribution in [0.1, 0.15) is 19.4 Å². The predicted molar refractivity (Wildman–Crippen MR) is 62.5 cm³/mol. The molecule has 0 spiro atoms. The molecule has 0 saturated carbocycles. The zero-order valence-corrected chi connectivity index (χ0v) is 9.88. The van der Waals surface area contributed by atoms with Crippen LogP contribution in [-0.4, -0.2) is 21.7 Å². The van der Waals surface area contributed by atoms with Crippen LogP contribution in [0, 0.1) is 11.8 Å². The first-order chi connectivity index (χ1) is 8.02. The van der Waals surface area contributed by atoms with E-state index in [2.05, 4.69) is 4.98 Å². The summed E-state index contributed by atoms with van der Waals surface area (Å²) in [5, 5.41) is 0. The normalized spacial score (nSPS) is 24.5. The maximum Gasteiger partial charge on any atom is 0.233 e. The van der Waals surface area contributed by atoms with Gasteiger partial charge in [0.25, 0.3) is 0 Å². The van der Waals surface area contributed by atoms with E-state index in [0.717, 1.165) is 0 Å². The molecule has 5 nitrogen and oxygen atoms in total. The van der Waals surface area contributed by atoms with Gasteiger partial charge in [-0.2, -0.15) is 0 Å². The van der Waals surface area contributed by atoms with Gasteiger partial charge in [0.1, 0.15) is 5.82 Å². The van der Waals surface area contributed by atoms with E-state index < -0.39 is 0 Å². The van der Waals surface area contributed by atoms with Crippen molar-refractivity contribution in [3.05, 3.63) is 23.9 Å². The highest BCUT2D eigenvalue weighted by atomic mass is 16.2. The molecule has 0 bridgehead atoms. The van der Waals surface area contributed by atoms with Crippen molar-refractivity contribution in [3.8, 4) is 0 Å². The molecular weight excluding hydrogens is 218 g/mol. The standard InChI is InChI=1S/C12H15N3O2/c1-7-8(2)12(17)15(11(7)16)6-9-4-3-5-14-10(9)13/h3-5,7-8H,6H2,1-2H3,(H2,13,14). The van der Waals surface area contributed by atoms with Gasteiger partial charge in [-0.25, -0.2) is 4.98 Å². The van der Waals surface area contributed by atoms with Gasteiger partial charge in [0.2, 0.25) is 11.8 Å². The molecule has 0 aromatic carbocycles. The molecule has 1 aliphatic heterocycles. The molecule has 0 aliphatic carbocycles. The molecule has 1 aliphatic rings. The molecule has 1 saturated heterocycles. The van der Waals surface area contributed by atoms with Gasteiger partial charge in [-0.3, -0.25) is 14.5 Å². The fraction of sp³-hybridized carbons (Fsp3) is 0.417. The van der Waals surface area contributed by atoms with Crippen molar-refractivity contribution in [3.63, 3.8) is 0 Å². The Morgan fingerprint density at radius 1 is 1.29 bits per heavy atom. The number of nitrogen functional groups attached to an aromatic ring is 1. The Morgan fingerprint density at radius 3 is 2.41 bits per heavy atom. The van der Waals surface area contributed by atoms with E-state index in [1.165, 1.54) is 4.90 Å². The summed E-state index contributed by atoms with van der Waals surface area (Å²) in [7, 11) is 0. The summed E-state index contributed by atoms with van der Waals surface area (Å²) in [6, 6.07) is 3.51. The minimum Gasteiger partial charge on any atom is -0.383 e. The van der Waals surface area contributed by atoms with Gasteiger partial charge < -0.3 is 5.73 Å². The summed E-state index contributed by atoms with van der Waals surface area (Å²) in [6.45, 7) is 3.76. The number of hydrogen-bond donors (Lipinski definition) is 1. The fourth-order valence-electron chi connectivity index (χ4n) is 1.94. The van der Waals surface area contributed by atoms with Crippen LogP contribution in [0.5, 0.6) is 0 Å². The predicted octanol–water partition coefficient (Wildman–Crippen LogP) is 0.805. The van der Waals surface area contributed by atoms with Crippen molar-refractivity contribution in [2.24, 2.45) is 11.8 Å². The van der Waals surface area contributed by atoms with Crippen LogP contribution in [-0.2, 0) is 16.1 Å². The van der Waals surface area contributed by atoms with Gasteiger partial charge in [-0.05, 0) is 6.07 Å². The number of carbonyl (C=O) groups is 2. The number of nitrogens with two attached hydrogens (primary N) is 1. The van der Waals surface area contributed by atoms with Gasteiger partial charge in [-0.15, -0.1) is 0 Å². The van der Waals surface area contributed by atoms with Crippen molar-refractivity contribution < 1.29 is 9.59 Å². The van der Waals surface area contributed by atoms with Crippen molar-refractivity contribution in [2.45, 2.75) is 20.4 Å². The number of imide groups is 1. The Labute approximate surface area is 99.6 Å². The maximum atomic E-state index is 11.9. The molecule has 2 unspecified atom stereocenters. The number of amides is 2. The van der Waals surface area contributed by atoms with Crippen molar-refractivity contribution in [1.82, 2.24) is 9.88 Å². The van der Waals surface area contributed by atoms with E-state index in [1.807, 2.05) is 0 Å². The number of anilines is 1. The van der Waals surface area contributed by atoms with E-state index in [0.29, 0.717) is 11.4 Å². The average Bonchev–Trinajstić information content (AvgIpc) is 2.50. The summed E-state index contributed by atoms with van der Waals surface area (Å²) >= 11 is 0. The van der Waals surface area contributed by atoms with E-state index in [1.54, 1.807) is 32.2 Å². The molecule has 1 aromatic rings. The second-order valence-corrected chi connectivity index (χ2v) is 4.39. The smallest absolute Gasteiger partial charge is 0.233 e. The first-order valence-electron chi connectivity index (χ1n) is 5.57. The minimum atomic E-state index is -0.250. The van der Waals surface area contributed by atoms with Crippen LogP contribution < -0.4 is 5.73 Å². The summed E-state index contributed by atoms with van der Waals surface area (Å²) in [5.41, 5.74) is 6.40. The summed E-state index contributed by atoms with van der Waals surface area (Å²) in [4.78, 5) is 29.0. The summed E-state index contributed by atoms with van der Waals surface area (Å²) in [6.07, 6.45) is 1.58. The molecule has 1 fully saturated rings. The second kappa shape index (κ2) is 4.16. The third-order valence-electron chi connectivity index (χ3n) is 3.32. The molecule has 17 heavy (non-hydrogen) atoms. The van der Waals surface area contributed by atoms with Gasteiger partial charge in [0.05, 0.1) is 6.54 Å². The molecule has 0 radical (unpaired) electrons. The van der Waals surface area contributed by atoms with Gasteiger partial charge in [0, 0.05) is 23.6 Å². The molecule has 2 atom stereocenters. The van der Waals surface area contributed by atoms with Crippen molar-refractivity contribution >= 4 is 17.6 Å². The Balaban J connectivity index is 2.23. The number of pyridine rings is 1. The maximum absolute atomic E-state index is 11.9. The largest absolute Gasteiger partial charge is 0.383 e. The number of rotatable bonds is 2. The van der Waals surface area contributed by atoms with Gasteiger partial charge in [-0.1, -0.05) is 19.9 Å². The number of aromatic nitrogens is 1. The molecule has 2 rings (SSSR count). The lowest BCUT2D eigenvalue weighted by Gasteiger charge is -2.15. The number of nitrogens with zero attached hydrogens (tertiary/aromatic N) is 2. The SMILES string of the molecule is CC1C(=O)N(Cc2cccnc2N)C(=O)C1C. The first-order valence-corrected chi connectivity index (χ1v) is 5.57. The fourth-order valence-corrected chi connectivity index (χ4v) is 1.94. The van der Waals surface area contributed by atoms with Gasteiger partial charge in [0.15, 0.2) is 0 Å². The number of likely N-dealkylation sites (tertiary alicyclic amines) is 1. The zero-order valence-electron chi connectivity index (χ0n) is 9.88. The van der Waals surface area contributed by atoms with Gasteiger partial charge >= 0.3 is 0 Å². The molecule has 2 heterocycles. The summed E-state index contributed by atoms with van der Waals surface area (Å²) < 4.78 is 0. The van der Waals surface area contributed by atoms with Crippen LogP contribution in [0.25, 0.3) is 0 Å². The lowest BCUT2D eigenvalue weighted by molar-refractivity contribution is -0.140. The summed E-state index contributed by atoms with van der Waals surface area (Å²) in [5.74, 6) is -0.405. The van der Waals surface area contributed by atoms with E-state index in [9.17, 15) is 9.59 Å². The number of hydrogen-bond acceptors (Lipinski definition) is 4. The topological polar surface area (TPSA) is 76.3 Å². The number of carbonyl (C=O) groups excluding carboxylic acids is 2. The Kier molecular flexibility index (Phi) is 2.83. The Bertz CT molecular complexity index is 453. The zero-order chi connectivity index (χ0) is 12.6. The lowest BCUT2D eigenvalue weighted by atomic mass is 10.00. The van der Waals surface area contributed by atoms with Crippen LogP contribution in [0.3, 0.4) is 0 Å². The highest BCUT2D eigenvalue weighted by molar-refractivity contribution is 6.04. The van der Waals surface area contributed by atoms with Crippen LogP contribution in [0.2, 0.25) is 0 Å². The first kappa shape index (κ1) is 11.6. The third kappa shape index (κ3) is 1.88. The molecule has 2 N–H and O–H groups in total.